The number of carbonyl (C=O) groups is 1. The molecule has 0 unspecified atom stereocenters. The van der Waals surface area contributed by atoms with Crippen molar-refractivity contribution < 1.29 is 4.79 Å². The van der Waals surface area contributed by atoms with Crippen molar-refractivity contribution in [1.82, 2.24) is 9.78 Å². The van der Waals surface area contributed by atoms with E-state index in [1.165, 1.54) is 0 Å². The van der Waals surface area contributed by atoms with Gasteiger partial charge in [-0.3, -0.25) is 10.00 Å². The zero-order chi connectivity index (χ0) is 13.1. The summed E-state index contributed by atoms with van der Waals surface area (Å²) in [4.78, 5) is 11.8. The number of aromatic nitrogens is 2. The first kappa shape index (κ1) is 12.0. The molecule has 0 aliphatic heterocycles. The number of nitrogens with one attached hydrogen (secondary N) is 2. The number of nitrogens with two attached hydrogens (primary N) is 1. The van der Waals surface area contributed by atoms with E-state index in [2.05, 4.69) is 15.7 Å². The van der Waals surface area contributed by atoms with E-state index < -0.39 is 0 Å². The molecular formula is C12H15N5O. The van der Waals surface area contributed by atoms with Gasteiger partial charge in [-0.2, -0.15) is 5.10 Å². The average molecular weight is 245 g/mol. The van der Waals surface area contributed by atoms with Gasteiger partial charge in [0.25, 0.3) is 0 Å². The Hall–Kier alpha value is -2.50. The van der Waals surface area contributed by atoms with Gasteiger partial charge in [0.15, 0.2) is 0 Å². The molecule has 0 atom stereocenters. The number of hydrogen-bond acceptors (Lipinski definition) is 3. The van der Waals surface area contributed by atoms with E-state index in [1.54, 1.807) is 30.1 Å². The van der Waals surface area contributed by atoms with Crippen LogP contribution in [0.25, 0.3) is 0 Å². The summed E-state index contributed by atoms with van der Waals surface area (Å²) in [5.74, 6) is 0.610. The van der Waals surface area contributed by atoms with Gasteiger partial charge in [0.1, 0.15) is 5.82 Å². The first-order valence-electron chi connectivity index (χ1n) is 5.48. The van der Waals surface area contributed by atoms with Gasteiger partial charge in [-0.05, 0) is 24.6 Å². The summed E-state index contributed by atoms with van der Waals surface area (Å²) in [6.07, 6.45) is 1.61. The molecule has 2 amide bonds. The molecule has 94 valence electrons. The molecule has 6 nitrogen and oxygen atoms in total. The monoisotopic (exact) mass is 245 g/mol. The van der Waals surface area contributed by atoms with E-state index in [0.29, 0.717) is 17.2 Å². The molecule has 0 spiro atoms. The van der Waals surface area contributed by atoms with Crippen LogP contribution in [-0.4, -0.2) is 15.8 Å². The SMILES string of the molecule is Cc1ccc(N)c(NC(=O)Nc2ccnn2C)c1. The van der Waals surface area contributed by atoms with Gasteiger partial charge in [-0.15, -0.1) is 0 Å². The second-order valence-electron chi connectivity index (χ2n) is 4.01. The van der Waals surface area contributed by atoms with Crippen molar-refractivity contribution in [2.24, 2.45) is 7.05 Å². The highest BCUT2D eigenvalue weighted by molar-refractivity contribution is 6.01. The summed E-state index contributed by atoms with van der Waals surface area (Å²) in [7, 11) is 1.75. The van der Waals surface area contributed by atoms with Crippen LogP contribution in [0.15, 0.2) is 30.5 Å². The third-order valence-electron chi connectivity index (χ3n) is 2.52. The Morgan fingerprint density at radius 3 is 2.78 bits per heavy atom. The number of benzene rings is 1. The Bertz CT molecular complexity index is 576. The number of nitrogens with zero attached hydrogens (tertiary/aromatic N) is 2. The molecule has 4 N–H and O–H groups in total. The van der Waals surface area contributed by atoms with Gasteiger partial charge in [0.2, 0.25) is 0 Å². The number of urea groups is 1. The van der Waals surface area contributed by atoms with Crippen LogP contribution in [0.1, 0.15) is 5.56 Å². The fraction of sp³-hybridized carbons (Fsp3) is 0.167. The Labute approximate surface area is 105 Å². The van der Waals surface area contributed by atoms with E-state index in [1.807, 2.05) is 19.1 Å². The van der Waals surface area contributed by atoms with Gasteiger partial charge in [0, 0.05) is 13.1 Å². The van der Waals surface area contributed by atoms with E-state index in [4.69, 9.17) is 5.73 Å². The molecular weight excluding hydrogens is 230 g/mol. The van der Waals surface area contributed by atoms with Crippen molar-refractivity contribution in [3.8, 4) is 0 Å². The maximum absolute atomic E-state index is 11.8. The fourth-order valence-electron chi connectivity index (χ4n) is 1.54. The van der Waals surface area contributed by atoms with Crippen molar-refractivity contribution >= 4 is 23.2 Å². The van der Waals surface area contributed by atoms with Crippen LogP contribution in [0, 0.1) is 6.92 Å². The lowest BCUT2D eigenvalue weighted by molar-refractivity contribution is 0.262. The first-order valence-corrected chi connectivity index (χ1v) is 5.48. The second-order valence-corrected chi connectivity index (χ2v) is 4.01. The maximum Gasteiger partial charge on any atom is 0.324 e. The summed E-state index contributed by atoms with van der Waals surface area (Å²) in [5.41, 5.74) is 7.93. The molecule has 0 bridgehead atoms. The molecule has 0 aliphatic rings. The van der Waals surface area contributed by atoms with Crippen LogP contribution in [0.3, 0.4) is 0 Å². The molecule has 6 heteroatoms. The number of carbonyl (C=O) groups excluding carboxylic acids is 1. The number of anilines is 3. The normalized spacial score (nSPS) is 10.1. The number of rotatable bonds is 2. The highest BCUT2D eigenvalue weighted by atomic mass is 16.2. The van der Waals surface area contributed by atoms with Crippen molar-refractivity contribution in [2.45, 2.75) is 6.92 Å². The molecule has 2 aromatic rings. The van der Waals surface area contributed by atoms with Crippen LogP contribution >= 0.6 is 0 Å². The number of amides is 2. The Balaban J connectivity index is 2.08. The van der Waals surface area contributed by atoms with Gasteiger partial charge >= 0.3 is 6.03 Å². The second kappa shape index (κ2) is 4.79. The first-order chi connectivity index (χ1) is 8.56. The Morgan fingerprint density at radius 1 is 1.33 bits per heavy atom. The maximum atomic E-state index is 11.8. The Morgan fingerprint density at radius 2 is 2.11 bits per heavy atom. The molecule has 1 aromatic heterocycles. The lowest BCUT2D eigenvalue weighted by Gasteiger charge is -2.10. The molecule has 18 heavy (non-hydrogen) atoms. The van der Waals surface area contributed by atoms with Crippen LogP contribution in [-0.2, 0) is 7.05 Å². The third-order valence-corrected chi connectivity index (χ3v) is 2.52. The standard InChI is InChI=1S/C12H15N5O/c1-8-3-4-9(13)10(7-8)15-12(18)16-11-5-6-14-17(11)2/h3-7H,13H2,1-2H3,(H2,15,16,18). The van der Waals surface area contributed by atoms with Crippen molar-refractivity contribution in [3.63, 3.8) is 0 Å². The number of aryl methyl sites for hydroxylation is 2. The fourth-order valence-corrected chi connectivity index (χ4v) is 1.54. The predicted octanol–water partition coefficient (Wildman–Crippen LogP) is 1.95. The zero-order valence-electron chi connectivity index (χ0n) is 10.3. The summed E-state index contributed by atoms with van der Waals surface area (Å²) >= 11 is 0. The average Bonchev–Trinajstić information content (AvgIpc) is 2.70. The van der Waals surface area contributed by atoms with Gasteiger partial charge < -0.3 is 11.1 Å². The van der Waals surface area contributed by atoms with Gasteiger partial charge in [0.05, 0.1) is 17.6 Å². The van der Waals surface area contributed by atoms with Crippen LogP contribution in [0.2, 0.25) is 0 Å². The molecule has 0 aliphatic carbocycles. The van der Waals surface area contributed by atoms with E-state index in [9.17, 15) is 4.79 Å². The van der Waals surface area contributed by atoms with Crippen LogP contribution < -0.4 is 16.4 Å². The lowest BCUT2D eigenvalue weighted by atomic mass is 10.2. The van der Waals surface area contributed by atoms with Crippen molar-refractivity contribution in [3.05, 3.63) is 36.0 Å². The Kier molecular flexibility index (Phi) is 3.18. The lowest BCUT2D eigenvalue weighted by Crippen LogP contribution is -2.21. The number of nitrogen functional groups attached to an aromatic ring is 1. The predicted molar refractivity (Wildman–Crippen MR) is 71.4 cm³/mol. The van der Waals surface area contributed by atoms with E-state index in [-0.39, 0.29) is 6.03 Å². The van der Waals surface area contributed by atoms with Gasteiger partial charge in [-0.1, -0.05) is 6.07 Å². The van der Waals surface area contributed by atoms with Crippen LogP contribution in [0.4, 0.5) is 22.0 Å². The summed E-state index contributed by atoms with van der Waals surface area (Å²) < 4.78 is 1.57. The third kappa shape index (κ3) is 2.60. The molecule has 1 heterocycles. The highest BCUT2D eigenvalue weighted by Crippen LogP contribution is 2.19. The summed E-state index contributed by atoms with van der Waals surface area (Å²) in [5, 5.41) is 9.34. The molecule has 0 saturated heterocycles. The largest absolute Gasteiger partial charge is 0.397 e. The minimum absolute atomic E-state index is 0.351. The number of hydrogen-bond donors (Lipinski definition) is 3. The van der Waals surface area contributed by atoms with E-state index in [0.717, 1.165) is 5.56 Å². The van der Waals surface area contributed by atoms with Crippen molar-refractivity contribution in [1.29, 1.82) is 0 Å². The van der Waals surface area contributed by atoms with Crippen molar-refractivity contribution in [2.75, 3.05) is 16.4 Å². The highest BCUT2D eigenvalue weighted by Gasteiger charge is 2.07. The summed E-state index contributed by atoms with van der Waals surface area (Å²) in [6.45, 7) is 1.93. The topological polar surface area (TPSA) is 85.0 Å². The molecule has 2 rings (SSSR count). The molecule has 1 aromatic carbocycles. The molecule has 0 radical (unpaired) electrons. The molecule has 0 fully saturated rings. The zero-order valence-corrected chi connectivity index (χ0v) is 10.3. The quantitative estimate of drug-likeness (QED) is 0.707. The minimum atomic E-state index is -0.351. The minimum Gasteiger partial charge on any atom is -0.397 e. The van der Waals surface area contributed by atoms with Gasteiger partial charge in [-0.25, -0.2) is 4.79 Å². The smallest absolute Gasteiger partial charge is 0.324 e. The molecule has 0 saturated carbocycles. The summed E-state index contributed by atoms with van der Waals surface area (Å²) in [6, 6.07) is 6.82. The van der Waals surface area contributed by atoms with E-state index >= 15 is 0 Å². The van der Waals surface area contributed by atoms with Crippen LogP contribution in [0.5, 0.6) is 0 Å².